The van der Waals surface area contributed by atoms with Gasteiger partial charge in [0.25, 0.3) is 0 Å². The maximum absolute atomic E-state index is 8.59. The van der Waals surface area contributed by atoms with Crippen LogP contribution >= 0.6 is 15.9 Å². The van der Waals surface area contributed by atoms with Gasteiger partial charge in [0.15, 0.2) is 0 Å². The summed E-state index contributed by atoms with van der Waals surface area (Å²) in [5, 5.41) is 8.59. The van der Waals surface area contributed by atoms with E-state index in [9.17, 15) is 0 Å². The van der Waals surface area contributed by atoms with Gasteiger partial charge in [0.1, 0.15) is 0 Å². The average Bonchev–Trinajstić information content (AvgIpc) is 2.07. The van der Waals surface area contributed by atoms with E-state index in [1.54, 1.807) is 6.08 Å². The molecule has 2 heteroatoms. The lowest BCUT2D eigenvalue weighted by atomic mass is 10.1. The van der Waals surface area contributed by atoms with Gasteiger partial charge < -0.3 is 5.11 Å². The predicted octanol–water partition coefficient (Wildman–Crippen LogP) is 2.76. The van der Waals surface area contributed by atoms with Crippen LogP contribution in [0.5, 0.6) is 0 Å². The first kappa shape index (κ1) is 9.49. The molecule has 0 spiro atoms. The molecule has 1 N–H and O–H groups in total. The molecule has 0 saturated heterocycles. The number of hydrogen-bond donors (Lipinski definition) is 1. The molecule has 1 aromatic rings. The lowest BCUT2D eigenvalue weighted by Crippen LogP contribution is -1.80. The van der Waals surface area contributed by atoms with Crippen LogP contribution in [0, 0.1) is 6.92 Å². The van der Waals surface area contributed by atoms with Crippen LogP contribution in [-0.4, -0.2) is 11.7 Å². The molecule has 0 aliphatic heterocycles. The molecule has 0 saturated carbocycles. The Kier molecular flexibility index (Phi) is 3.50. The van der Waals surface area contributed by atoms with E-state index < -0.39 is 0 Å². The first-order valence-electron chi connectivity index (χ1n) is 3.77. The Balaban J connectivity index is 2.97. The van der Waals surface area contributed by atoms with Crippen LogP contribution in [0.2, 0.25) is 0 Å². The highest BCUT2D eigenvalue weighted by molar-refractivity contribution is 9.10. The molecule has 12 heavy (non-hydrogen) atoms. The van der Waals surface area contributed by atoms with Gasteiger partial charge in [0, 0.05) is 4.47 Å². The number of hydrogen-bond acceptors (Lipinski definition) is 1. The third-order valence-electron chi connectivity index (χ3n) is 1.64. The minimum atomic E-state index is 0.0892. The molecular formula is C10H11BrO. The molecule has 0 bridgehead atoms. The van der Waals surface area contributed by atoms with Gasteiger partial charge in [-0.2, -0.15) is 0 Å². The molecule has 0 aromatic heterocycles. The van der Waals surface area contributed by atoms with Crippen molar-refractivity contribution in [3.63, 3.8) is 0 Å². The zero-order valence-corrected chi connectivity index (χ0v) is 8.51. The molecule has 64 valence electrons. The van der Waals surface area contributed by atoms with E-state index in [0.29, 0.717) is 0 Å². The highest BCUT2D eigenvalue weighted by Gasteiger charge is 1.93. The summed E-state index contributed by atoms with van der Waals surface area (Å²) in [6, 6.07) is 6.08. The quantitative estimate of drug-likeness (QED) is 0.823. The van der Waals surface area contributed by atoms with Crippen LogP contribution in [0.15, 0.2) is 28.7 Å². The Morgan fingerprint density at radius 3 is 2.92 bits per heavy atom. The van der Waals surface area contributed by atoms with Crippen molar-refractivity contribution in [3.8, 4) is 0 Å². The van der Waals surface area contributed by atoms with Crippen LogP contribution in [0.1, 0.15) is 11.1 Å². The number of aliphatic hydroxyl groups excluding tert-OH is 1. The Morgan fingerprint density at radius 2 is 2.25 bits per heavy atom. The SMILES string of the molecule is Cc1ccc(Br)cc1/C=C/CO. The van der Waals surface area contributed by atoms with Crippen LogP contribution in [0.4, 0.5) is 0 Å². The zero-order valence-electron chi connectivity index (χ0n) is 6.92. The van der Waals surface area contributed by atoms with Gasteiger partial charge in [-0.1, -0.05) is 34.1 Å². The summed E-state index contributed by atoms with van der Waals surface area (Å²) in [6.07, 6.45) is 3.65. The molecule has 1 rings (SSSR count). The summed E-state index contributed by atoms with van der Waals surface area (Å²) in [6.45, 7) is 2.13. The minimum absolute atomic E-state index is 0.0892. The standard InChI is InChI=1S/C10H11BrO/c1-8-4-5-10(11)7-9(8)3-2-6-12/h2-5,7,12H,6H2,1H3/b3-2+. The molecule has 0 atom stereocenters. The van der Waals surface area contributed by atoms with Crippen molar-refractivity contribution in [2.75, 3.05) is 6.61 Å². The molecular weight excluding hydrogens is 216 g/mol. The highest BCUT2D eigenvalue weighted by Crippen LogP contribution is 2.16. The van der Waals surface area contributed by atoms with Crippen molar-refractivity contribution in [1.82, 2.24) is 0 Å². The van der Waals surface area contributed by atoms with E-state index >= 15 is 0 Å². The first-order valence-corrected chi connectivity index (χ1v) is 4.57. The maximum Gasteiger partial charge on any atom is 0.0615 e. The monoisotopic (exact) mass is 226 g/mol. The van der Waals surface area contributed by atoms with E-state index in [1.807, 2.05) is 31.2 Å². The summed E-state index contributed by atoms with van der Waals surface area (Å²) in [5.74, 6) is 0. The van der Waals surface area contributed by atoms with Crippen molar-refractivity contribution in [2.24, 2.45) is 0 Å². The Labute approximate surface area is 80.9 Å². The number of aryl methyl sites for hydroxylation is 1. The zero-order chi connectivity index (χ0) is 8.97. The molecule has 0 radical (unpaired) electrons. The Bertz CT molecular complexity index is 292. The molecule has 0 aliphatic carbocycles. The van der Waals surface area contributed by atoms with Crippen molar-refractivity contribution in [1.29, 1.82) is 0 Å². The second-order valence-corrected chi connectivity index (χ2v) is 3.50. The number of halogens is 1. The second-order valence-electron chi connectivity index (χ2n) is 2.59. The van der Waals surface area contributed by atoms with Crippen LogP contribution in [0.25, 0.3) is 6.08 Å². The number of rotatable bonds is 2. The second kappa shape index (κ2) is 4.43. The molecule has 1 nitrogen and oxygen atoms in total. The molecule has 0 aliphatic rings. The van der Waals surface area contributed by atoms with E-state index in [0.717, 1.165) is 10.0 Å². The van der Waals surface area contributed by atoms with Gasteiger partial charge in [-0.05, 0) is 30.2 Å². The molecule has 0 amide bonds. The van der Waals surface area contributed by atoms with E-state index in [1.165, 1.54) is 5.56 Å². The fraction of sp³-hybridized carbons (Fsp3) is 0.200. The molecule has 1 aromatic carbocycles. The fourth-order valence-electron chi connectivity index (χ4n) is 0.971. The lowest BCUT2D eigenvalue weighted by Gasteiger charge is -1.99. The summed E-state index contributed by atoms with van der Waals surface area (Å²) >= 11 is 3.39. The van der Waals surface area contributed by atoms with Gasteiger partial charge in [-0.3, -0.25) is 0 Å². The number of aliphatic hydroxyl groups is 1. The fourth-order valence-corrected chi connectivity index (χ4v) is 1.35. The van der Waals surface area contributed by atoms with Crippen molar-refractivity contribution in [3.05, 3.63) is 39.9 Å². The predicted molar refractivity (Wildman–Crippen MR) is 55.0 cm³/mol. The van der Waals surface area contributed by atoms with Gasteiger partial charge in [0.2, 0.25) is 0 Å². The summed E-state index contributed by atoms with van der Waals surface area (Å²) < 4.78 is 1.06. The molecule has 0 fully saturated rings. The summed E-state index contributed by atoms with van der Waals surface area (Å²) in [5.41, 5.74) is 2.35. The number of benzene rings is 1. The average molecular weight is 227 g/mol. The Hall–Kier alpha value is -0.600. The van der Waals surface area contributed by atoms with Crippen LogP contribution in [-0.2, 0) is 0 Å². The van der Waals surface area contributed by atoms with E-state index in [-0.39, 0.29) is 6.61 Å². The summed E-state index contributed by atoms with van der Waals surface area (Å²) in [4.78, 5) is 0. The van der Waals surface area contributed by atoms with Crippen LogP contribution in [0.3, 0.4) is 0 Å². The Morgan fingerprint density at radius 1 is 1.50 bits per heavy atom. The summed E-state index contributed by atoms with van der Waals surface area (Å²) in [7, 11) is 0. The third-order valence-corrected chi connectivity index (χ3v) is 2.14. The van der Waals surface area contributed by atoms with Crippen molar-refractivity contribution >= 4 is 22.0 Å². The maximum atomic E-state index is 8.59. The smallest absolute Gasteiger partial charge is 0.0615 e. The first-order chi connectivity index (χ1) is 5.74. The molecule has 0 unspecified atom stereocenters. The van der Waals surface area contributed by atoms with Gasteiger partial charge in [-0.25, -0.2) is 0 Å². The molecule has 0 heterocycles. The van der Waals surface area contributed by atoms with Gasteiger partial charge in [0.05, 0.1) is 6.61 Å². The van der Waals surface area contributed by atoms with Gasteiger partial charge in [-0.15, -0.1) is 0 Å². The lowest BCUT2D eigenvalue weighted by molar-refractivity contribution is 0.343. The topological polar surface area (TPSA) is 20.2 Å². The van der Waals surface area contributed by atoms with Crippen molar-refractivity contribution in [2.45, 2.75) is 6.92 Å². The highest BCUT2D eigenvalue weighted by atomic mass is 79.9. The van der Waals surface area contributed by atoms with Gasteiger partial charge >= 0.3 is 0 Å². The third kappa shape index (κ3) is 2.47. The van der Waals surface area contributed by atoms with E-state index in [2.05, 4.69) is 15.9 Å². The normalized spacial score (nSPS) is 10.9. The van der Waals surface area contributed by atoms with Crippen LogP contribution < -0.4 is 0 Å². The van der Waals surface area contributed by atoms with Crippen molar-refractivity contribution < 1.29 is 5.11 Å². The van der Waals surface area contributed by atoms with E-state index in [4.69, 9.17) is 5.11 Å². The largest absolute Gasteiger partial charge is 0.392 e. The minimum Gasteiger partial charge on any atom is -0.392 e.